The van der Waals surface area contributed by atoms with Crippen molar-refractivity contribution in [3.05, 3.63) is 0 Å². The fourth-order valence-corrected chi connectivity index (χ4v) is 2.65. The van der Waals surface area contributed by atoms with E-state index in [1.165, 1.54) is 0 Å². The smallest absolute Gasteiger partial charge is 0.230 e. The summed E-state index contributed by atoms with van der Waals surface area (Å²) in [6.45, 7) is 3.21. The van der Waals surface area contributed by atoms with Crippen molar-refractivity contribution in [3.8, 4) is 0 Å². The molecule has 1 saturated heterocycles. The number of hydrogen-bond acceptors (Lipinski definition) is 3. The lowest BCUT2D eigenvalue weighted by molar-refractivity contribution is 0.311. The summed E-state index contributed by atoms with van der Waals surface area (Å²) in [6, 6.07) is 0. The molecule has 0 atom stereocenters. The Balaban J connectivity index is 2.22. The molecule has 1 rings (SSSR count). The Kier molecular flexibility index (Phi) is 3.05. The van der Waals surface area contributed by atoms with Gasteiger partial charge in [-0.25, -0.2) is 0 Å². The highest BCUT2D eigenvalue weighted by atomic mass is 31.2. The maximum absolute atomic E-state index is 9.49. The number of hydrogen-bond donors (Lipinski definition) is 1. The first-order chi connectivity index (χ1) is 4.77. The molecule has 0 spiro atoms. The van der Waals surface area contributed by atoms with Crippen LogP contribution in [0.5, 0.6) is 0 Å². The highest BCUT2D eigenvalue weighted by molar-refractivity contribution is 7.60. The van der Waals surface area contributed by atoms with Gasteiger partial charge in [-0.2, -0.15) is 0 Å². The van der Waals surface area contributed by atoms with Crippen LogP contribution in [-0.2, 0) is 9.05 Å². The molecule has 0 amide bonds. The number of rotatable bonds is 3. The topological polar surface area (TPSA) is 38.7 Å². The standard InChI is InChI=1S/C6H14O3P/c1-2-3-6-10(7)8-4-5-9-10/h7H,2-6H2,1H3. The van der Waals surface area contributed by atoms with Crippen molar-refractivity contribution in [2.24, 2.45) is 0 Å². The predicted octanol–water partition coefficient (Wildman–Crippen LogP) is 1.59. The molecule has 0 aromatic carbocycles. The van der Waals surface area contributed by atoms with Crippen LogP contribution in [0.3, 0.4) is 0 Å². The molecule has 1 fully saturated rings. The van der Waals surface area contributed by atoms with Crippen LogP contribution in [0.15, 0.2) is 0 Å². The van der Waals surface area contributed by atoms with Crippen molar-refractivity contribution < 1.29 is 13.9 Å². The molecule has 0 aliphatic carbocycles. The largest absolute Gasteiger partial charge is 0.336 e. The van der Waals surface area contributed by atoms with Gasteiger partial charge >= 0.3 is 0 Å². The summed E-state index contributed by atoms with van der Waals surface area (Å²) in [6.07, 6.45) is 2.77. The Morgan fingerprint density at radius 3 is 2.50 bits per heavy atom. The molecular weight excluding hydrogens is 151 g/mol. The molecule has 0 unspecified atom stereocenters. The van der Waals surface area contributed by atoms with Gasteiger partial charge in [0.2, 0.25) is 7.94 Å². The molecule has 0 bridgehead atoms. The summed E-state index contributed by atoms with van der Waals surface area (Å²) in [5.74, 6) is 0. The molecule has 61 valence electrons. The maximum atomic E-state index is 9.49. The maximum Gasteiger partial charge on any atom is 0.230 e. The van der Waals surface area contributed by atoms with Gasteiger partial charge in [0, 0.05) is 6.16 Å². The Hall–Kier alpha value is 0.310. The molecular formula is C6H14O3P. The molecule has 3 nitrogen and oxygen atoms in total. The fraction of sp³-hybridized carbons (Fsp3) is 1.00. The van der Waals surface area contributed by atoms with Crippen LogP contribution in [0.2, 0.25) is 0 Å². The average molecular weight is 165 g/mol. The molecule has 1 N–H and O–H groups in total. The highest BCUT2D eigenvalue weighted by Gasteiger charge is 2.31. The zero-order valence-electron chi connectivity index (χ0n) is 6.25. The van der Waals surface area contributed by atoms with Crippen LogP contribution in [0, 0.1) is 0 Å². The van der Waals surface area contributed by atoms with Gasteiger partial charge in [-0.05, 0) is 6.42 Å². The minimum Gasteiger partial charge on any atom is -0.336 e. The second-order valence-corrected chi connectivity index (χ2v) is 4.62. The van der Waals surface area contributed by atoms with E-state index < -0.39 is 7.94 Å². The first-order valence-corrected chi connectivity index (χ1v) is 5.43. The van der Waals surface area contributed by atoms with Gasteiger partial charge in [-0.3, -0.25) is 0 Å². The zero-order valence-corrected chi connectivity index (χ0v) is 7.14. The summed E-state index contributed by atoms with van der Waals surface area (Å²) < 4.78 is 10.2. The van der Waals surface area contributed by atoms with Gasteiger partial charge in [0.15, 0.2) is 0 Å². The van der Waals surface area contributed by atoms with E-state index in [0.29, 0.717) is 19.4 Å². The minimum atomic E-state index is -2.34. The van der Waals surface area contributed by atoms with Crippen molar-refractivity contribution >= 4 is 7.94 Å². The van der Waals surface area contributed by atoms with Crippen molar-refractivity contribution in [1.82, 2.24) is 0 Å². The van der Waals surface area contributed by atoms with Crippen LogP contribution in [0.4, 0.5) is 0 Å². The second kappa shape index (κ2) is 3.63. The summed E-state index contributed by atoms with van der Waals surface area (Å²) in [5.41, 5.74) is 0. The van der Waals surface area contributed by atoms with E-state index in [4.69, 9.17) is 9.05 Å². The van der Waals surface area contributed by atoms with Gasteiger partial charge in [0.25, 0.3) is 0 Å². The van der Waals surface area contributed by atoms with Gasteiger partial charge in [0.05, 0.1) is 13.2 Å². The molecule has 0 aromatic heterocycles. The molecule has 1 aliphatic heterocycles. The van der Waals surface area contributed by atoms with Crippen LogP contribution in [0.1, 0.15) is 19.8 Å². The van der Waals surface area contributed by atoms with Crippen molar-refractivity contribution in [1.29, 1.82) is 0 Å². The third-order valence-electron chi connectivity index (χ3n) is 1.46. The van der Waals surface area contributed by atoms with E-state index in [-0.39, 0.29) is 0 Å². The lowest BCUT2D eigenvalue weighted by Crippen LogP contribution is -1.96. The normalized spacial score (nSPS) is 23.4. The second-order valence-electron chi connectivity index (χ2n) is 2.38. The summed E-state index contributed by atoms with van der Waals surface area (Å²) in [7, 11) is -2.34. The minimum absolute atomic E-state index is 0.563. The van der Waals surface area contributed by atoms with Crippen LogP contribution >= 0.6 is 7.94 Å². The van der Waals surface area contributed by atoms with Crippen LogP contribution < -0.4 is 0 Å². The van der Waals surface area contributed by atoms with E-state index >= 15 is 0 Å². The third-order valence-corrected chi connectivity index (χ3v) is 3.52. The van der Waals surface area contributed by atoms with E-state index in [2.05, 4.69) is 6.92 Å². The lowest BCUT2D eigenvalue weighted by Gasteiger charge is -2.20. The summed E-state index contributed by atoms with van der Waals surface area (Å²) in [4.78, 5) is 9.49. The molecule has 0 aromatic rings. The van der Waals surface area contributed by atoms with Crippen molar-refractivity contribution in [3.63, 3.8) is 0 Å². The zero-order chi connectivity index (χ0) is 7.45. The summed E-state index contributed by atoms with van der Waals surface area (Å²) in [5, 5.41) is 0. The molecule has 10 heavy (non-hydrogen) atoms. The van der Waals surface area contributed by atoms with Crippen molar-refractivity contribution in [2.45, 2.75) is 19.8 Å². The van der Waals surface area contributed by atoms with Gasteiger partial charge in [0.1, 0.15) is 0 Å². The quantitative estimate of drug-likeness (QED) is 0.645. The van der Waals surface area contributed by atoms with Gasteiger partial charge in [-0.15, -0.1) is 0 Å². The average Bonchev–Trinajstić information content (AvgIpc) is 2.33. The Morgan fingerprint density at radius 1 is 1.40 bits per heavy atom. The Labute approximate surface area is 61.9 Å². The first-order valence-electron chi connectivity index (χ1n) is 3.67. The van der Waals surface area contributed by atoms with E-state index in [9.17, 15) is 4.89 Å². The van der Waals surface area contributed by atoms with Crippen LogP contribution in [-0.4, -0.2) is 24.3 Å². The highest BCUT2D eigenvalue weighted by Crippen LogP contribution is 2.60. The Morgan fingerprint density at radius 2 is 2.00 bits per heavy atom. The third kappa shape index (κ3) is 2.17. The molecule has 0 saturated carbocycles. The van der Waals surface area contributed by atoms with Crippen molar-refractivity contribution in [2.75, 3.05) is 19.4 Å². The van der Waals surface area contributed by atoms with Gasteiger partial charge < -0.3 is 13.9 Å². The first kappa shape index (κ1) is 8.41. The molecule has 1 radical (unpaired) electrons. The van der Waals surface area contributed by atoms with Crippen LogP contribution in [0.25, 0.3) is 0 Å². The summed E-state index contributed by atoms with van der Waals surface area (Å²) >= 11 is 0. The van der Waals surface area contributed by atoms with Gasteiger partial charge in [-0.1, -0.05) is 13.3 Å². The lowest BCUT2D eigenvalue weighted by atomic mass is 10.4. The molecule has 4 heteroatoms. The van der Waals surface area contributed by atoms with E-state index in [1.54, 1.807) is 0 Å². The Bertz CT molecular complexity index is 101. The SMILES string of the molecule is CCCC[P]1(O)OCCO1. The molecule has 1 heterocycles. The molecule has 1 aliphatic rings. The van der Waals surface area contributed by atoms with E-state index in [0.717, 1.165) is 12.8 Å². The monoisotopic (exact) mass is 165 g/mol. The number of unbranched alkanes of at least 4 members (excludes halogenated alkanes) is 1. The predicted molar refractivity (Wildman–Crippen MR) is 40.8 cm³/mol. The van der Waals surface area contributed by atoms with E-state index in [1.807, 2.05) is 0 Å². The fourth-order valence-electron chi connectivity index (χ4n) is 0.884.